The van der Waals surface area contributed by atoms with Crippen LogP contribution < -0.4 is 0 Å². The summed E-state index contributed by atoms with van der Waals surface area (Å²) in [5.41, 5.74) is 0.898. The first-order valence-electron chi connectivity index (χ1n) is 4.50. The summed E-state index contributed by atoms with van der Waals surface area (Å²) in [6, 6.07) is 7.33. The van der Waals surface area contributed by atoms with Crippen LogP contribution in [0.1, 0.15) is 5.56 Å². The summed E-state index contributed by atoms with van der Waals surface area (Å²) in [5, 5.41) is 0. The van der Waals surface area contributed by atoms with Gasteiger partial charge in [-0.3, -0.25) is 4.74 Å². The minimum absolute atomic E-state index is 0.0877. The molecule has 1 rings (SSSR count). The van der Waals surface area contributed by atoms with Crippen molar-refractivity contribution in [1.82, 2.24) is 0 Å². The van der Waals surface area contributed by atoms with E-state index in [0.29, 0.717) is 0 Å². The molecular weight excluding hydrogens is 289 g/mol. The highest BCUT2D eigenvalue weighted by molar-refractivity contribution is 9.10. The third kappa shape index (κ3) is 6.09. The molecule has 0 saturated heterocycles. The number of hydrogen-bond donors (Lipinski definition) is 0. The Labute approximate surface area is 99.5 Å². The molecule has 0 heterocycles. The Bertz CT molecular complexity index is 311. The predicted molar refractivity (Wildman–Crippen MR) is 55.8 cm³/mol. The fourth-order valence-electron chi connectivity index (χ4n) is 0.987. The number of hydrogen-bond acceptors (Lipinski definition) is 2. The largest absolute Gasteiger partial charge is 0.522 e. The smallest absolute Gasteiger partial charge is 0.374 e. The SMILES string of the molecule is FC(F)(F)OCCOCc1ccc(Br)cc1. The first-order valence-corrected chi connectivity index (χ1v) is 5.29. The predicted octanol–water partition coefficient (Wildman–Crippen LogP) is 3.50. The lowest BCUT2D eigenvalue weighted by atomic mass is 10.2. The maximum Gasteiger partial charge on any atom is 0.522 e. The van der Waals surface area contributed by atoms with E-state index in [9.17, 15) is 13.2 Å². The number of benzene rings is 1. The Kier molecular flexibility index (Phi) is 5.24. The van der Waals surface area contributed by atoms with Gasteiger partial charge in [0.2, 0.25) is 0 Å². The van der Waals surface area contributed by atoms with Crippen molar-refractivity contribution < 1.29 is 22.6 Å². The second-order valence-electron chi connectivity index (χ2n) is 2.97. The van der Waals surface area contributed by atoms with E-state index in [4.69, 9.17) is 4.74 Å². The molecule has 0 aliphatic heterocycles. The summed E-state index contributed by atoms with van der Waals surface area (Å²) >= 11 is 3.27. The topological polar surface area (TPSA) is 18.5 Å². The lowest BCUT2D eigenvalue weighted by molar-refractivity contribution is -0.327. The molecule has 1 aromatic carbocycles. The number of halogens is 4. The van der Waals surface area contributed by atoms with Crippen LogP contribution in [0.15, 0.2) is 28.7 Å². The molecule has 0 fully saturated rings. The van der Waals surface area contributed by atoms with Crippen LogP contribution in [-0.2, 0) is 16.1 Å². The highest BCUT2D eigenvalue weighted by Crippen LogP contribution is 2.15. The number of rotatable bonds is 5. The van der Waals surface area contributed by atoms with Crippen molar-refractivity contribution in [1.29, 1.82) is 0 Å². The molecular formula is C10H10BrF3O2. The van der Waals surface area contributed by atoms with Gasteiger partial charge in [-0.1, -0.05) is 28.1 Å². The molecule has 16 heavy (non-hydrogen) atoms. The van der Waals surface area contributed by atoms with Crippen molar-refractivity contribution in [3.8, 4) is 0 Å². The molecule has 0 bridgehead atoms. The Morgan fingerprint density at radius 1 is 1.06 bits per heavy atom. The average molecular weight is 299 g/mol. The van der Waals surface area contributed by atoms with Gasteiger partial charge in [-0.05, 0) is 17.7 Å². The third-order valence-corrected chi connectivity index (χ3v) is 2.20. The van der Waals surface area contributed by atoms with E-state index in [2.05, 4.69) is 20.7 Å². The maximum absolute atomic E-state index is 11.6. The standard InChI is InChI=1S/C10H10BrF3O2/c11-9-3-1-8(2-4-9)7-15-5-6-16-10(12,13)14/h1-4H,5-7H2. The zero-order chi connectivity index (χ0) is 12.0. The van der Waals surface area contributed by atoms with Crippen molar-refractivity contribution in [2.75, 3.05) is 13.2 Å². The minimum atomic E-state index is -4.58. The number of alkyl halides is 3. The normalized spacial score (nSPS) is 11.8. The van der Waals surface area contributed by atoms with E-state index >= 15 is 0 Å². The van der Waals surface area contributed by atoms with Gasteiger partial charge >= 0.3 is 6.36 Å². The second-order valence-corrected chi connectivity index (χ2v) is 3.89. The van der Waals surface area contributed by atoms with Gasteiger partial charge in [0.1, 0.15) is 0 Å². The lowest BCUT2D eigenvalue weighted by Gasteiger charge is -2.07. The van der Waals surface area contributed by atoms with E-state index in [0.717, 1.165) is 10.0 Å². The molecule has 0 N–H and O–H groups in total. The molecule has 1 aromatic rings. The van der Waals surface area contributed by atoms with Gasteiger partial charge in [0.05, 0.1) is 19.8 Å². The zero-order valence-electron chi connectivity index (χ0n) is 8.26. The van der Waals surface area contributed by atoms with Crippen LogP contribution in [-0.4, -0.2) is 19.6 Å². The van der Waals surface area contributed by atoms with Crippen molar-refractivity contribution in [2.45, 2.75) is 13.0 Å². The molecule has 0 saturated carbocycles. The van der Waals surface area contributed by atoms with Gasteiger partial charge in [-0.25, -0.2) is 0 Å². The zero-order valence-corrected chi connectivity index (χ0v) is 9.85. The molecule has 0 atom stereocenters. The monoisotopic (exact) mass is 298 g/mol. The Morgan fingerprint density at radius 3 is 2.25 bits per heavy atom. The molecule has 0 aliphatic carbocycles. The van der Waals surface area contributed by atoms with E-state index in [1.807, 2.05) is 24.3 Å². The molecule has 0 spiro atoms. The van der Waals surface area contributed by atoms with Crippen LogP contribution in [0.2, 0.25) is 0 Å². The Morgan fingerprint density at radius 2 is 1.69 bits per heavy atom. The highest BCUT2D eigenvalue weighted by Gasteiger charge is 2.28. The van der Waals surface area contributed by atoms with Crippen LogP contribution in [0.4, 0.5) is 13.2 Å². The van der Waals surface area contributed by atoms with E-state index in [1.165, 1.54) is 0 Å². The summed E-state index contributed by atoms with van der Waals surface area (Å²) in [4.78, 5) is 0. The molecule has 6 heteroatoms. The maximum atomic E-state index is 11.6. The summed E-state index contributed by atoms with van der Waals surface area (Å²) in [6.07, 6.45) is -4.58. The van der Waals surface area contributed by atoms with Crippen LogP contribution in [0, 0.1) is 0 Å². The fraction of sp³-hybridized carbons (Fsp3) is 0.400. The Balaban J connectivity index is 2.14. The summed E-state index contributed by atoms with van der Waals surface area (Å²) in [5.74, 6) is 0. The van der Waals surface area contributed by atoms with Crippen molar-refractivity contribution in [3.05, 3.63) is 34.3 Å². The van der Waals surface area contributed by atoms with Gasteiger partial charge in [-0.15, -0.1) is 13.2 Å². The third-order valence-electron chi connectivity index (χ3n) is 1.68. The van der Waals surface area contributed by atoms with Gasteiger partial charge in [0, 0.05) is 4.47 Å². The quantitative estimate of drug-likeness (QED) is 0.775. The Hall–Kier alpha value is -0.590. The van der Waals surface area contributed by atoms with Crippen LogP contribution >= 0.6 is 15.9 Å². The van der Waals surface area contributed by atoms with Crippen LogP contribution in [0.3, 0.4) is 0 Å². The summed E-state index contributed by atoms with van der Waals surface area (Å²) in [6.45, 7) is -0.301. The van der Waals surface area contributed by atoms with Gasteiger partial charge in [0.25, 0.3) is 0 Å². The van der Waals surface area contributed by atoms with Gasteiger partial charge < -0.3 is 4.74 Å². The van der Waals surface area contributed by atoms with Crippen molar-refractivity contribution >= 4 is 15.9 Å². The van der Waals surface area contributed by atoms with Gasteiger partial charge in [0.15, 0.2) is 0 Å². The van der Waals surface area contributed by atoms with E-state index < -0.39 is 13.0 Å². The van der Waals surface area contributed by atoms with Gasteiger partial charge in [-0.2, -0.15) is 0 Å². The van der Waals surface area contributed by atoms with Crippen molar-refractivity contribution in [2.24, 2.45) is 0 Å². The molecule has 90 valence electrons. The first kappa shape index (κ1) is 13.5. The highest BCUT2D eigenvalue weighted by atomic mass is 79.9. The molecule has 0 amide bonds. The first-order chi connectivity index (χ1) is 7.47. The lowest BCUT2D eigenvalue weighted by Crippen LogP contribution is -2.17. The molecule has 0 radical (unpaired) electrons. The molecule has 2 nitrogen and oxygen atoms in total. The summed E-state index contributed by atoms with van der Waals surface area (Å²) < 4.78 is 44.2. The van der Waals surface area contributed by atoms with Crippen LogP contribution in [0.25, 0.3) is 0 Å². The van der Waals surface area contributed by atoms with E-state index in [1.54, 1.807) is 0 Å². The fourth-order valence-corrected chi connectivity index (χ4v) is 1.25. The second kappa shape index (κ2) is 6.22. The molecule has 0 unspecified atom stereocenters. The molecule has 0 aliphatic rings. The molecule has 0 aromatic heterocycles. The van der Waals surface area contributed by atoms with Crippen molar-refractivity contribution in [3.63, 3.8) is 0 Å². The minimum Gasteiger partial charge on any atom is -0.374 e. The average Bonchev–Trinajstić information content (AvgIpc) is 2.19. The van der Waals surface area contributed by atoms with E-state index in [-0.39, 0.29) is 13.2 Å². The number of ether oxygens (including phenoxy) is 2. The summed E-state index contributed by atoms with van der Waals surface area (Å²) in [7, 11) is 0. The van der Waals surface area contributed by atoms with Crippen LogP contribution in [0.5, 0.6) is 0 Å².